The molecule has 100 valence electrons. The van der Waals surface area contributed by atoms with Crippen molar-refractivity contribution >= 4 is 16.9 Å². The maximum atomic E-state index is 12.2. The lowest BCUT2D eigenvalue weighted by Gasteiger charge is -2.07. The second-order valence-electron chi connectivity index (χ2n) is 4.12. The van der Waals surface area contributed by atoms with Crippen LogP contribution in [0.15, 0.2) is 23.1 Å². The molecule has 2 aromatic rings. The van der Waals surface area contributed by atoms with Gasteiger partial charge in [0.1, 0.15) is 11.3 Å². The fraction of sp³-hybridized carbons (Fsp3) is 0.286. The third kappa shape index (κ3) is 2.31. The molecule has 1 heterocycles. The van der Waals surface area contributed by atoms with E-state index in [-0.39, 0.29) is 17.6 Å². The molecule has 0 fully saturated rings. The van der Waals surface area contributed by atoms with Gasteiger partial charge in [-0.15, -0.1) is 0 Å². The van der Waals surface area contributed by atoms with Crippen LogP contribution < -0.4 is 10.2 Å². The van der Waals surface area contributed by atoms with Gasteiger partial charge in [-0.3, -0.25) is 4.79 Å². The van der Waals surface area contributed by atoms with Crippen molar-refractivity contribution in [1.82, 2.24) is 4.98 Å². The number of methoxy groups -OCH3 is 1. The quantitative estimate of drug-likeness (QED) is 0.858. The van der Waals surface area contributed by atoms with E-state index in [4.69, 9.17) is 9.47 Å². The summed E-state index contributed by atoms with van der Waals surface area (Å²) in [6, 6.07) is 3.44. The highest BCUT2D eigenvalue weighted by molar-refractivity contribution is 5.94. The zero-order valence-electron chi connectivity index (χ0n) is 11.1. The lowest BCUT2D eigenvalue weighted by molar-refractivity contribution is 0.0524. The molecular formula is C14H15NO4. The molecule has 0 unspecified atom stereocenters. The van der Waals surface area contributed by atoms with Gasteiger partial charge in [-0.1, -0.05) is 0 Å². The van der Waals surface area contributed by atoms with E-state index in [1.165, 1.54) is 6.20 Å². The van der Waals surface area contributed by atoms with Crippen LogP contribution in [0.3, 0.4) is 0 Å². The first kappa shape index (κ1) is 13.1. The first-order valence-corrected chi connectivity index (χ1v) is 5.95. The number of aromatic nitrogens is 1. The molecule has 0 aliphatic heterocycles. The molecular weight excluding hydrogens is 246 g/mol. The third-order valence-corrected chi connectivity index (χ3v) is 2.89. The Morgan fingerprint density at radius 3 is 2.74 bits per heavy atom. The number of pyridine rings is 1. The molecule has 2 rings (SSSR count). The van der Waals surface area contributed by atoms with E-state index in [1.807, 2.05) is 6.92 Å². The maximum Gasteiger partial charge on any atom is 0.343 e. The second-order valence-corrected chi connectivity index (χ2v) is 4.12. The van der Waals surface area contributed by atoms with Gasteiger partial charge in [0.2, 0.25) is 5.43 Å². The van der Waals surface area contributed by atoms with E-state index in [0.717, 1.165) is 5.56 Å². The number of benzene rings is 1. The number of hydrogen-bond acceptors (Lipinski definition) is 4. The molecule has 0 amide bonds. The molecule has 0 atom stereocenters. The molecule has 1 aromatic carbocycles. The highest BCUT2D eigenvalue weighted by atomic mass is 16.5. The number of rotatable bonds is 3. The first-order valence-electron chi connectivity index (χ1n) is 5.95. The monoisotopic (exact) mass is 261 g/mol. The Hall–Kier alpha value is -2.30. The Kier molecular flexibility index (Phi) is 3.55. The minimum atomic E-state index is -0.612. The van der Waals surface area contributed by atoms with E-state index in [9.17, 15) is 9.59 Å². The van der Waals surface area contributed by atoms with Crippen molar-refractivity contribution in [2.24, 2.45) is 0 Å². The number of hydrogen-bond donors (Lipinski definition) is 1. The van der Waals surface area contributed by atoms with Gasteiger partial charge in [0.25, 0.3) is 0 Å². The molecule has 1 aromatic heterocycles. The van der Waals surface area contributed by atoms with Crippen LogP contribution in [-0.2, 0) is 4.74 Å². The van der Waals surface area contributed by atoms with Crippen LogP contribution in [0.4, 0.5) is 0 Å². The molecule has 0 saturated heterocycles. The zero-order valence-corrected chi connectivity index (χ0v) is 11.1. The smallest absolute Gasteiger partial charge is 0.343 e. The molecule has 0 saturated carbocycles. The number of carbonyl (C=O) groups excluding carboxylic acids is 1. The Morgan fingerprint density at radius 1 is 1.37 bits per heavy atom. The van der Waals surface area contributed by atoms with Crippen LogP contribution in [0.1, 0.15) is 22.8 Å². The molecule has 0 aliphatic carbocycles. The van der Waals surface area contributed by atoms with Gasteiger partial charge in [0, 0.05) is 17.6 Å². The summed E-state index contributed by atoms with van der Waals surface area (Å²) in [5.74, 6) is 0.0751. The van der Waals surface area contributed by atoms with Crippen LogP contribution in [0.25, 0.3) is 10.9 Å². The minimum absolute atomic E-state index is 0.0129. The summed E-state index contributed by atoms with van der Waals surface area (Å²) < 4.78 is 10.0. The normalized spacial score (nSPS) is 10.5. The van der Waals surface area contributed by atoms with E-state index in [1.54, 1.807) is 26.2 Å². The van der Waals surface area contributed by atoms with Crippen molar-refractivity contribution in [2.75, 3.05) is 13.7 Å². The Labute approximate surface area is 110 Å². The Bertz CT molecular complexity index is 688. The summed E-state index contributed by atoms with van der Waals surface area (Å²) in [4.78, 5) is 26.8. The summed E-state index contributed by atoms with van der Waals surface area (Å²) in [6.45, 7) is 3.77. The van der Waals surface area contributed by atoms with Crippen LogP contribution in [0.5, 0.6) is 5.75 Å². The van der Waals surface area contributed by atoms with Crippen molar-refractivity contribution < 1.29 is 14.3 Å². The minimum Gasteiger partial charge on any atom is -0.496 e. The van der Waals surface area contributed by atoms with Crippen LogP contribution >= 0.6 is 0 Å². The number of nitrogens with one attached hydrogen (secondary N) is 1. The fourth-order valence-corrected chi connectivity index (χ4v) is 1.94. The number of fused-ring (bicyclic) bond motifs is 1. The SMILES string of the molecule is CCOC(=O)c1c[nH]c2cc(OC)c(C)cc2c1=O. The predicted molar refractivity (Wildman–Crippen MR) is 71.8 cm³/mol. The lowest BCUT2D eigenvalue weighted by atomic mass is 10.1. The van der Waals surface area contributed by atoms with Crippen LogP contribution in [-0.4, -0.2) is 24.7 Å². The molecule has 5 nitrogen and oxygen atoms in total. The van der Waals surface area contributed by atoms with Gasteiger partial charge >= 0.3 is 5.97 Å². The van der Waals surface area contributed by atoms with Gasteiger partial charge in [-0.25, -0.2) is 4.79 Å². The van der Waals surface area contributed by atoms with Gasteiger partial charge in [0.05, 0.1) is 19.2 Å². The van der Waals surface area contributed by atoms with Crippen molar-refractivity contribution in [1.29, 1.82) is 0 Å². The first-order chi connectivity index (χ1) is 9.08. The summed E-state index contributed by atoms with van der Waals surface area (Å²) >= 11 is 0. The van der Waals surface area contributed by atoms with E-state index in [0.29, 0.717) is 16.7 Å². The standard InChI is InChI=1S/C14H15NO4/c1-4-19-14(17)10-7-15-11-6-12(18-3)8(2)5-9(11)13(10)16/h5-7H,4H2,1-3H3,(H,15,16). The number of aromatic amines is 1. The van der Waals surface area contributed by atoms with Crippen molar-refractivity contribution in [3.05, 3.63) is 39.7 Å². The van der Waals surface area contributed by atoms with Crippen LogP contribution in [0, 0.1) is 6.92 Å². The highest BCUT2D eigenvalue weighted by Crippen LogP contribution is 2.22. The molecule has 1 N–H and O–H groups in total. The fourth-order valence-electron chi connectivity index (χ4n) is 1.94. The van der Waals surface area contributed by atoms with Gasteiger partial charge < -0.3 is 14.5 Å². The maximum absolute atomic E-state index is 12.2. The summed E-state index contributed by atoms with van der Waals surface area (Å²) in [5, 5.41) is 0.448. The molecule has 0 radical (unpaired) electrons. The van der Waals surface area contributed by atoms with Crippen LogP contribution in [0.2, 0.25) is 0 Å². The van der Waals surface area contributed by atoms with Crippen molar-refractivity contribution in [3.8, 4) is 5.75 Å². The molecule has 0 spiro atoms. The Balaban J connectivity index is 2.65. The molecule has 5 heteroatoms. The molecule has 0 bridgehead atoms. The highest BCUT2D eigenvalue weighted by Gasteiger charge is 2.14. The third-order valence-electron chi connectivity index (χ3n) is 2.89. The van der Waals surface area contributed by atoms with Gasteiger partial charge in [-0.05, 0) is 25.5 Å². The summed E-state index contributed by atoms with van der Waals surface area (Å²) in [7, 11) is 1.57. The van der Waals surface area contributed by atoms with Crippen molar-refractivity contribution in [2.45, 2.75) is 13.8 Å². The van der Waals surface area contributed by atoms with E-state index in [2.05, 4.69) is 4.98 Å². The molecule has 19 heavy (non-hydrogen) atoms. The average Bonchev–Trinajstić information content (AvgIpc) is 2.39. The van der Waals surface area contributed by atoms with Gasteiger partial charge in [-0.2, -0.15) is 0 Å². The average molecular weight is 261 g/mol. The lowest BCUT2D eigenvalue weighted by Crippen LogP contribution is -2.18. The molecule has 0 aliphatic rings. The largest absolute Gasteiger partial charge is 0.496 e. The van der Waals surface area contributed by atoms with E-state index >= 15 is 0 Å². The zero-order chi connectivity index (χ0) is 14.0. The summed E-state index contributed by atoms with van der Waals surface area (Å²) in [6.07, 6.45) is 1.37. The van der Waals surface area contributed by atoms with Gasteiger partial charge in [0.15, 0.2) is 0 Å². The number of H-pyrrole nitrogens is 1. The van der Waals surface area contributed by atoms with Crippen molar-refractivity contribution in [3.63, 3.8) is 0 Å². The summed E-state index contributed by atoms with van der Waals surface area (Å²) in [5.41, 5.74) is 1.14. The topological polar surface area (TPSA) is 68.4 Å². The number of ether oxygens (including phenoxy) is 2. The number of esters is 1. The van der Waals surface area contributed by atoms with E-state index < -0.39 is 5.97 Å². The Morgan fingerprint density at radius 2 is 2.11 bits per heavy atom. The predicted octanol–water partition coefficient (Wildman–Crippen LogP) is 2.02. The second kappa shape index (κ2) is 5.14. The number of aryl methyl sites for hydroxylation is 1. The number of carbonyl (C=O) groups is 1.